The Labute approximate surface area is 713 Å². The van der Waals surface area contributed by atoms with Gasteiger partial charge in [-0.15, -0.1) is 0 Å². The van der Waals surface area contributed by atoms with E-state index < -0.39 is 0 Å². The van der Waals surface area contributed by atoms with E-state index in [1.807, 2.05) is 0 Å². The summed E-state index contributed by atoms with van der Waals surface area (Å²) in [6.07, 6.45) is 0. The predicted molar refractivity (Wildman–Crippen MR) is 516 cm³/mol. The molecule has 8 heteroatoms. The van der Waals surface area contributed by atoms with Gasteiger partial charge in [0.1, 0.15) is 0 Å². The van der Waals surface area contributed by atoms with Crippen molar-refractivity contribution in [1.82, 2.24) is 0 Å². The Bertz CT molecular complexity index is 6890. The minimum Gasteiger partial charge on any atom is -0.311 e. The summed E-state index contributed by atoms with van der Waals surface area (Å²) in [6, 6.07) is 176. The third-order valence-corrected chi connectivity index (χ3v) is 24.9. The van der Waals surface area contributed by atoms with Crippen molar-refractivity contribution in [2.75, 3.05) is 29.4 Å². The average Bonchev–Trinajstić information content (AvgIpc) is 0.677. The number of hydrogen-bond acceptors (Lipinski definition) is 6. The van der Waals surface area contributed by atoms with Crippen LogP contribution in [-0.2, 0) is 0 Å². The first-order chi connectivity index (χ1) is 60.6. The molecule has 0 amide bonds. The highest BCUT2D eigenvalue weighted by molar-refractivity contribution is 7.03. The van der Waals surface area contributed by atoms with Crippen LogP contribution in [0, 0.1) is 0 Å². The van der Waals surface area contributed by atoms with E-state index in [0.717, 1.165) is 169 Å². The summed E-state index contributed by atoms with van der Waals surface area (Å²) in [7, 11) is 0. The number of benzene rings is 19. The maximum absolute atomic E-state index is 2.72. The maximum Gasteiger partial charge on any atom is 0.252 e. The second-order valence-electron chi connectivity index (χ2n) is 31.7. The monoisotopic (exact) mass is 1550 g/mol. The van der Waals surface area contributed by atoms with Crippen molar-refractivity contribution in [3.05, 3.63) is 473 Å². The van der Waals surface area contributed by atoms with Crippen molar-refractivity contribution in [2.45, 2.75) is 0 Å². The van der Waals surface area contributed by atoms with E-state index in [4.69, 9.17) is 0 Å². The SMILES string of the molecule is c1ccc(-c2cccc(-c3ccccc3)c2N2c3ccccc3B3c4cc5c(cc4N(c4ccccc4)c4cc(N(c6ccccc6)c6ccccc6)cc2c43)N(c2c(-c3ccccc3)cccc2-c2ccccc2)c2cc(N(c3ccccc3)c3ccccc3)cc3c2B5c2ccccc2N3c2c(-c3ccccc3)cccc2-c2ccccc2)cc1. The van der Waals surface area contributed by atoms with Gasteiger partial charge in [0.15, 0.2) is 0 Å². The second kappa shape index (κ2) is 30.2. The first-order valence-electron chi connectivity index (χ1n) is 42.1. The summed E-state index contributed by atoms with van der Waals surface area (Å²) < 4.78 is 0. The molecule has 19 aromatic carbocycles. The summed E-state index contributed by atoms with van der Waals surface area (Å²) >= 11 is 0. The van der Waals surface area contributed by atoms with E-state index in [1.165, 1.54) is 32.8 Å². The molecule has 0 saturated heterocycles. The van der Waals surface area contributed by atoms with Crippen LogP contribution in [0.3, 0.4) is 0 Å². The highest BCUT2D eigenvalue weighted by atomic mass is 15.2. The summed E-state index contributed by atoms with van der Waals surface area (Å²) in [5, 5.41) is 0. The molecule has 0 fully saturated rings. The molecular weight excluding hydrogens is 1470 g/mol. The van der Waals surface area contributed by atoms with Gasteiger partial charge in [0.2, 0.25) is 0 Å². The van der Waals surface area contributed by atoms with Gasteiger partial charge in [-0.2, -0.15) is 0 Å². The highest BCUT2D eigenvalue weighted by Gasteiger charge is 2.50. The number of hydrogen-bond donors (Lipinski definition) is 0. The zero-order chi connectivity index (χ0) is 80.6. The van der Waals surface area contributed by atoms with Gasteiger partial charge in [-0.25, -0.2) is 0 Å². The molecule has 0 bridgehead atoms. The molecule has 0 aliphatic carbocycles. The Morgan fingerprint density at radius 1 is 0.156 bits per heavy atom. The van der Waals surface area contributed by atoms with E-state index in [1.54, 1.807) is 0 Å². The quantitative estimate of drug-likeness (QED) is 0.0892. The lowest BCUT2D eigenvalue weighted by Crippen LogP contribution is -2.65. The van der Waals surface area contributed by atoms with Gasteiger partial charge in [-0.05, 0) is 169 Å². The molecule has 19 aromatic rings. The van der Waals surface area contributed by atoms with E-state index in [2.05, 4.69) is 503 Å². The number of para-hydroxylation sites is 10. The lowest BCUT2D eigenvalue weighted by atomic mass is 9.30. The number of rotatable bonds is 16. The molecule has 122 heavy (non-hydrogen) atoms. The van der Waals surface area contributed by atoms with Gasteiger partial charge >= 0.3 is 0 Å². The van der Waals surface area contributed by atoms with Crippen molar-refractivity contribution in [2.24, 2.45) is 0 Å². The zero-order valence-corrected chi connectivity index (χ0v) is 66.9. The molecule has 0 atom stereocenters. The van der Waals surface area contributed by atoms with Gasteiger partial charge in [0, 0.05) is 107 Å². The minimum absolute atomic E-state index is 0.326. The van der Waals surface area contributed by atoms with E-state index in [-0.39, 0.29) is 13.4 Å². The Kier molecular flexibility index (Phi) is 17.7. The van der Waals surface area contributed by atoms with Crippen LogP contribution in [0.15, 0.2) is 473 Å². The molecule has 0 aromatic heterocycles. The van der Waals surface area contributed by atoms with Gasteiger partial charge in [-0.3, -0.25) is 0 Å². The van der Waals surface area contributed by atoms with Crippen molar-refractivity contribution >= 4 is 149 Å². The van der Waals surface area contributed by atoms with Crippen LogP contribution in [0.4, 0.5) is 102 Å². The third kappa shape index (κ3) is 12.0. The number of fused-ring (bicyclic) bond motifs is 8. The Morgan fingerprint density at radius 2 is 0.385 bits per heavy atom. The predicted octanol–water partition coefficient (Wildman–Crippen LogP) is 26.8. The highest BCUT2D eigenvalue weighted by Crippen LogP contribution is 2.58. The molecule has 0 radical (unpaired) electrons. The zero-order valence-electron chi connectivity index (χ0n) is 66.9. The fourth-order valence-electron chi connectivity index (χ4n) is 19.9. The molecule has 4 heterocycles. The Morgan fingerprint density at radius 3 is 0.672 bits per heavy atom. The summed E-state index contributed by atoms with van der Waals surface area (Å²) in [4.78, 5) is 15.6. The fraction of sp³-hybridized carbons (Fsp3) is 0. The molecule has 0 spiro atoms. The Hall–Kier alpha value is -15.9. The lowest BCUT2D eigenvalue weighted by Gasteiger charge is -2.48. The second-order valence-corrected chi connectivity index (χ2v) is 31.7. The van der Waals surface area contributed by atoms with E-state index in [0.29, 0.717) is 0 Å². The lowest BCUT2D eigenvalue weighted by molar-refractivity contribution is 1.21. The molecule has 4 aliphatic heterocycles. The first-order valence-corrected chi connectivity index (χ1v) is 42.1. The molecule has 0 unspecified atom stereocenters. The standard InChI is InChI=1S/C114H78B2N6/c1-12-41-79(42-13-1)92-63-38-64-93(80-43-14-2-15-44-80)112(92)120-102-71-36-34-69-98(102)115-100-77-101-105(78-104(100)119(89-61-32-11-33-62-89)106-73-90(74-107(120)110(106)115)117(85-53-24-7-25-54-85)86-55-26-8-27-56-86)122(114-96(83-49-20-5-21-50-83)67-40-68-97(114)84-51-22-6-23-52-84)109-76-91(118(87-57-28-9-29-58-87)88-59-30-10-31-60-88)75-108-111(109)116(101)99-70-35-37-72-103(99)121(108)113-94(81-45-16-3-17-46-81)65-39-66-95(113)82-47-18-4-19-48-82/h1-78H. The molecule has 6 nitrogen and oxygen atoms in total. The van der Waals surface area contributed by atoms with E-state index in [9.17, 15) is 0 Å². The summed E-state index contributed by atoms with van der Waals surface area (Å²) in [5.41, 5.74) is 39.6. The van der Waals surface area contributed by atoms with Crippen LogP contribution < -0.4 is 62.2 Å². The minimum atomic E-state index is -0.353. The topological polar surface area (TPSA) is 19.4 Å². The van der Waals surface area contributed by atoms with E-state index >= 15 is 0 Å². The Balaban J connectivity index is 0.893. The van der Waals surface area contributed by atoms with Gasteiger partial charge in [-0.1, -0.05) is 370 Å². The molecule has 0 saturated carbocycles. The fourth-order valence-corrected chi connectivity index (χ4v) is 19.9. The molecule has 0 N–H and O–H groups in total. The first kappa shape index (κ1) is 71.4. The molecular formula is C114H78B2N6. The number of nitrogens with zero attached hydrogens (tertiary/aromatic N) is 6. The van der Waals surface area contributed by atoms with Crippen LogP contribution in [-0.4, -0.2) is 13.4 Å². The normalized spacial score (nSPS) is 12.5. The summed E-state index contributed by atoms with van der Waals surface area (Å²) in [5.74, 6) is 0. The van der Waals surface area contributed by atoms with Crippen LogP contribution >= 0.6 is 0 Å². The summed E-state index contributed by atoms with van der Waals surface area (Å²) in [6.45, 7) is -0.680. The molecule has 570 valence electrons. The number of anilines is 18. The van der Waals surface area contributed by atoms with Gasteiger partial charge in [0.05, 0.1) is 28.4 Å². The largest absolute Gasteiger partial charge is 0.311 e. The van der Waals surface area contributed by atoms with Crippen molar-refractivity contribution in [1.29, 1.82) is 0 Å². The van der Waals surface area contributed by atoms with Crippen LogP contribution in [0.25, 0.3) is 66.8 Å². The van der Waals surface area contributed by atoms with Gasteiger partial charge < -0.3 is 29.4 Å². The van der Waals surface area contributed by atoms with Crippen LogP contribution in [0.5, 0.6) is 0 Å². The smallest absolute Gasteiger partial charge is 0.252 e. The van der Waals surface area contributed by atoms with Gasteiger partial charge in [0.25, 0.3) is 13.4 Å². The van der Waals surface area contributed by atoms with Crippen LogP contribution in [0.2, 0.25) is 0 Å². The molecule has 4 aliphatic rings. The van der Waals surface area contributed by atoms with Crippen molar-refractivity contribution in [3.63, 3.8) is 0 Å². The average molecular weight is 1550 g/mol. The van der Waals surface area contributed by atoms with Crippen molar-refractivity contribution in [3.8, 4) is 66.8 Å². The van der Waals surface area contributed by atoms with Crippen LogP contribution in [0.1, 0.15) is 0 Å². The maximum atomic E-state index is 2.72. The van der Waals surface area contributed by atoms with Crippen molar-refractivity contribution < 1.29 is 0 Å². The third-order valence-electron chi connectivity index (χ3n) is 24.9. The molecule has 23 rings (SSSR count).